The molecule has 11 heavy (non-hydrogen) atoms. The van der Waals surface area contributed by atoms with E-state index in [1.807, 2.05) is 4.31 Å². The van der Waals surface area contributed by atoms with Crippen molar-refractivity contribution in [1.82, 2.24) is 4.31 Å². The zero-order valence-corrected chi connectivity index (χ0v) is 8.11. The van der Waals surface area contributed by atoms with Crippen LogP contribution in [0.4, 0.5) is 0 Å². The van der Waals surface area contributed by atoms with E-state index in [1.165, 1.54) is 31.4 Å². The van der Waals surface area contributed by atoms with E-state index in [-0.39, 0.29) is 0 Å². The van der Waals surface area contributed by atoms with Crippen LogP contribution in [0.5, 0.6) is 0 Å². The molecule has 0 aromatic rings. The molecular weight excluding hydrogens is 154 g/mol. The Hall–Kier alpha value is -0.110. The van der Waals surface area contributed by atoms with Crippen LogP contribution in [0.15, 0.2) is 12.3 Å². The summed E-state index contributed by atoms with van der Waals surface area (Å²) in [6.45, 7) is 7.35. The van der Waals surface area contributed by atoms with Crippen LogP contribution in [-0.4, -0.2) is 10.8 Å². The van der Waals surface area contributed by atoms with Crippen LogP contribution >= 0.6 is 12.8 Å². The zero-order chi connectivity index (χ0) is 8.27. The van der Waals surface area contributed by atoms with Gasteiger partial charge in [-0.1, -0.05) is 32.7 Å². The van der Waals surface area contributed by atoms with E-state index in [4.69, 9.17) is 0 Å². The van der Waals surface area contributed by atoms with E-state index in [2.05, 4.69) is 26.3 Å². The van der Waals surface area contributed by atoms with Crippen molar-refractivity contribution in [2.24, 2.45) is 5.92 Å². The molecule has 0 spiro atoms. The molecule has 1 atom stereocenters. The van der Waals surface area contributed by atoms with Crippen molar-refractivity contribution in [2.45, 2.75) is 32.6 Å². The highest BCUT2D eigenvalue weighted by Gasteiger charge is 2.17. The summed E-state index contributed by atoms with van der Waals surface area (Å²) >= 11 is 4.37. The minimum absolute atomic E-state index is 0.676. The van der Waals surface area contributed by atoms with Gasteiger partial charge in [-0.05, 0) is 25.2 Å². The van der Waals surface area contributed by atoms with E-state index in [1.54, 1.807) is 0 Å². The Morgan fingerprint density at radius 1 is 1.64 bits per heavy atom. The maximum Gasteiger partial charge on any atom is 0.0289 e. The molecule has 0 aromatic carbocycles. The minimum Gasteiger partial charge on any atom is -0.323 e. The van der Waals surface area contributed by atoms with Gasteiger partial charge in [0.05, 0.1) is 0 Å². The van der Waals surface area contributed by atoms with Crippen LogP contribution in [0.1, 0.15) is 32.6 Å². The summed E-state index contributed by atoms with van der Waals surface area (Å²) in [6.07, 6.45) is 5.09. The maximum atomic E-state index is 4.37. The molecular formula is C9H17NS. The fourth-order valence-electron chi connectivity index (χ4n) is 1.61. The Morgan fingerprint density at radius 2 is 2.36 bits per heavy atom. The van der Waals surface area contributed by atoms with Gasteiger partial charge in [-0.15, -0.1) is 0 Å². The van der Waals surface area contributed by atoms with Crippen LogP contribution in [0, 0.1) is 5.92 Å². The molecule has 0 amide bonds. The van der Waals surface area contributed by atoms with Gasteiger partial charge in [-0.2, -0.15) is 0 Å². The molecule has 0 N–H and O–H groups in total. The molecule has 1 fully saturated rings. The number of rotatable bonds is 1. The second-order valence-corrected chi connectivity index (χ2v) is 3.70. The molecule has 0 bridgehead atoms. The molecule has 0 aliphatic carbocycles. The van der Waals surface area contributed by atoms with Gasteiger partial charge in [-0.25, -0.2) is 0 Å². The highest BCUT2D eigenvalue weighted by atomic mass is 32.1. The molecule has 2 heteroatoms. The molecule has 1 saturated heterocycles. The first-order valence-corrected chi connectivity index (χ1v) is 4.81. The maximum absolute atomic E-state index is 4.37. The molecule has 1 aliphatic heterocycles. The number of allylic oxidation sites excluding steroid dienone is 1. The molecule has 0 saturated carbocycles. The Kier molecular flexibility index (Phi) is 3.31. The summed E-state index contributed by atoms with van der Waals surface area (Å²) in [5.41, 5.74) is 1.22. The molecule has 1 unspecified atom stereocenters. The highest BCUT2D eigenvalue weighted by Crippen LogP contribution is 2.28. The van der Waals surface area contributed by atoms with Crippen molar-refractivity contribution < 1.29 is 0 Å². The van der Waals surface area contributed by atoms with E-state index in [0.717, 1.165) is 6.54 Å². The topological polar surface area (TPSA) is 3.24 Å². The standard InChI is InChI=1S/C9H17NS/c1-3-9-6-4-5-7-10(11)8(9)2/h9,11H,2-7H2,1H3. The third-order valence-corrected chi connectivity index (χ3v) is 2.92. The number of hydrogen-bond donors (Lipinski definition) is 1. The van der Waals surface area contributed by atoms with Crippen molar-refractivity contribution in [3.63, 3.8) is 0 Å². The van der Waals surface area contributed by atoms with Gasteiger partial charge in [-0.3, -0.25) is 0 Å². The SMILES string of the molecule is C=C1C(CC)CCCCN1S. The fourth-order valence-corrected chi connectivity index (χ4v) is 1.92. The number of nitrogens with zero attached hydrogens (tertiary/aromatic N) is 1. The summed E-state index contributed by atoms with van der Waals surface area (Å²) in [5.74, 6) is 0.676. The monoisotopic (exact) mass is 171 g/mol. The molecule has 1 rings (SSSR count). The average molecular weight is 171 g/mol. The summed E-state index contributed by atoms with van der Waals surface area (Å²) < 4.78 is 2.02. The van der Waals surface area contributed by atoms with Crippen molar-refractivity contribution in [3.05, 3.63) is 12.3 Å². The van der Waals surface area contributed by atoms with Gasteiger partial charge in [0, 0.05) is 12.2 Å². The van der Waals surface area contributed by atoms with Crippen molar-refractivity contribution >= 4 is 12.8 Å². The molecule has 0 aromatic heterocycles. The lowest BCUT2D eigenvalue weighted by Crippen LogP contribution is -2.15. The second kappa shape index (κ2) is 4.05. The lowest BCUT2D eigenvalue weighted by atomic mass is 9.98. The quantitative estimate of drug-likeness (QED) is 0.594. The van der Waals surface area contributed by atoms with E-state index in [9.17, 15) is 0 Å². The first-order chi connectivity index (χ1) is 5.25. The largest absolute Gasteiger partial charge is 0.323 e. The van der Waals surface area contributed by atoms with Gasteiger partial charge in [0.25, 0.3) is 0 Å². The lowest BCUT2D eigenvalue weighted by molar-refractivity contribution is 0.484. The van der Waals surface area contributed by atoms with Gasteiger partial charge >= 0.3 is 0 Å². The van der Waals surface area contributed by atoms with E-state index in [0.29, 0.717) is 5.92 Å². The molecule has 0 radical (unpaired) electrons. The van der Waals surface area contributed by atoms with Crippen LogP contribution < -0.4 is 0 Å². The Balaban J connectivity index is 2.56. The van der Waals surface area contributed by atoms with Gasteiger partial charge in [0.1, 0.15) is 0 Å². The minimum atomic E-state index is 0.676. The van der Waals surface area contributed by atoms with E-state index >= 15 is 0 Å². The summed E-state index contributed by atoms with van der Waals surface area (Å²) in [6, 6.07) is 0. The van der Waals surface area contributed by atoms with E-state index < -0.39 is 0 Å². The third kappa shape index (κ3) is 2.16. The van der Waals surface area contributed by atoms with Crippen LogP contribution in [0.3, 0.4) is 0 Å². The first-order valence-electron chi connectivity index (χ1n) is 4.41. The number of thiol groups is 1. The molecule has 64 valence electrons. The molecule has 1 nitrogen and oxygen atoms in total. The van der Waals surface area contributed by atoms with Crippen molar-refractivity contribution in [1.29, 1.82) is 0 Å². The zero-order valence-electron chi connectivity index (χ0n) is 7.21. The van der Waals surface area contributed by atoms with Crippen LogP contribution in [-0.2, 0) is 0 Å². The van der Waals surface area contributed by atoms with Gasteiger partial charge in [0.2, 0.25) is 0 Å². The van der Waals surface area contributed by atoms with Crippen molar-refractivity contribution in [2.75, 3.05) is 6.54 Å². The van der Waals surface area contributed by atoms with Crippen LogP contribution in [0.25, 0.3) is 0 Å². The smallest absolute Gasteiger partial charge is 0.0289 e. The lowest BCUT2D eigenvalue weighted by Gasteiger charge is -2.22. The Bertz CT molecular complexity index is 144. The third-order valence-electron chi connectivity index (χ3n) is 2.47. The summed E-state index contributed by atoms with van der Waals surface area (Å²) in [5, 5.41) is 0. The number of hydrogen-bond acceptors (Lipinski definition) is 2. The van der Waals surface area contributed by atoms with Crippen LogP contribution in [0.2, 0.25) is 0 Å². The average Bonchev–Trinajstić information content (AvgIpc) is 2.16. The highest BCUT2D eigenvalue weighted by molar-refractivity contribution is 7.77. The normalized spacial score (nSPS) is 26.9. The Morgan fingerprint density at radius 3 is 3.00 bits per heavy atom. The van der Waals surface area contributed by atoms with Gasteiger partial charge < -0.3 is 4.31 Å². The fraction of sp³-hybridized carbons (Fsp3) is 0.778. The predicted molar refractivity (Wildman–Crippen MR) is 52.5 cm³/mol. The second-order valence-electron chi connectivity index (χ2n) is 3.22. The van der Waals surface area contributed by atoms with Gasteiger partial charge in [0.15, 0.2) is 0 Å². The molecule has 1 aliphatic rings. The summed E-state index contributed by atoms with van der Waals surface area (Å²) in [7, 11) is 0. The first kappa shape index (κ1) is 8.98. The molecule has 1 heterocycles. The predicted octanol–water partition coefficient (Wildman–Crippen LogP) is 2.86. The summed E-state index contributed by atoms with van der Waals surface area (Å²) in [4.78, 5) is 0. The Labute approximate surface area is 75.0 Å². The van der Waals surface area contributed by atoms with Crippen molar-refractivity contribution in [3.8, 4) is 0 Å².